The predicted octanol–water partition coefficient (Wildman–Crippen LogP) is 3.05. The van der Waals surface area contributed by atoms with Gasteiger partial charge in [0.2, 0.25) is 0 Å². The molecule has 21 heavy (non-hydrogen) atoms. The molecule has 3 nitrogen and oxygen atoms in total. The lowest BCUT2D eigenvalue weighted by molar-refractivity contribution is 0.251. The summed E-state index contributed by atoms with van der Waals surface area (Å²) < 4.78 is 13.1. The highest BCUT2D eigenvalue weighted by Gasteiger charge is 2.38. The Hall–Kier alpha value is -1.58. The maximum absolute atomic E-state index is 13.1. The van der Waals surface area contributed by atoms with Crippen molar-refractivity contribution in [2.45, 2.75) is 43.9 Å². The molecular formula is C17H24FN3. The van der Waals surface area contributed by atoms with Crippen molar-refractivity contribution in [3.8, 4) is 0 Å². The molecule has 3 rings (SSSR count). The van der Waals surface area contributed by atoms with Crippen molar-refractivity contribution in [2.75, 3.05) is 19.6 Å². The molecule has 1 heterocycles. The Morgan fingerprint density at radius 2 is 1.76 bits per heavy atom. The average Bonchev–Trinajstić information content (AvgIpc) is 2.48. The van der Waals surface area contributed by atoms with Crippen LogP contribution in [0.4, 0.5) is 4.39 Å². The number of likely N-dealkylation sites (tertiary alicyclic amines) is 1. The summed E-state index contributed by atoms with van der Waals surface area (Å²) in [5, 5.41) is 0. The second-order valence-corrected chi connectivity index (χ2v) is 6.36. The van der Waals surface area contributed by atoms with Crippen molar-refractivity contribution in [2.24, 2.45) is 10.7 Å². The first-order chi connectivity index (χ1) is 10.2. The number of nitrogens with zero attached hydrogens (tertiary/aromatic N) is 2. The second kappa shape index (κ2) is 6.04. The molecule has 2 N–H and O–H groups in total. The summed E-state index contributed by atoms with van der Waals surface area (Å²) in [7, 11) is 0. The third-order valence-corrected chi connectivity index (χ3v) is 4.99. The molecule has 1 aliphatic carbocycles. The number of guanidine groups is 1. The van der Waals surface area contributed by atoms with Crippen LogP contribution in [0.15, 0.2) is 29.3 Å². The third-order valence-electron chi connectivity index (χ3n) is 4.99. The number of hydrogen-bond donors (Lipinski definition) is 1. The molecule has 0 bridgehead atoms. The van der Waals surface area contributed by atoms with Gasteiger partial charge in [-0.05, 0) is 49.8 Å². The highest BCUT2D eigenvalue weighted by Crippen LogP contribution is 2.44. The monoisotopic (exact) mass is 289 g/mol. The Kier molecular flexibility index (Phi) is 4.13. The van der Waals surface area contributed by atoms with E-state index < -0.39 is 0 Å². The first-order valence-electron chi connectivity index (χ1n) is 8.01. The van der Waals surface area contributed by atoms with Gasteiger partial charge >= 0.3 is 0 Å². The van der Waals surface area contributed by atoms with Crippen LogP contribution in [0.3, 0.4) is 0 Å². The number of piperidine rings is 1. The SMILES string of the molecule is NC(=NCC1(c2ccc(F)cc2)CCC1)N1CCCCC1. The van der Waals surface area contributed by atoms with Crippen LogP contribution in [-0.2, 0) is 5.41 Å². The zero-order chi connectivity index (χ0) is 14.7. The highest BCUT2D eigenvalue weighted by molar-refractivity contribution is 5.78. The lowest BCUT2D eigenvalue weighted by Gasteiger charge is -2.41. The minimum Gasteiger partial charge on any atom is -0.370 e. The molecule has 0 unspecified atom stereocenters. The Morgan fingerprint density at radius 1 is 1.10 bits per heavy atom. The first-order valence-corrected chi connectivity index (χ1v) is 8.01. The lowest BCUT2D eigenvalue weighted by atomic mass is 9.64. The van der Waals surface area contributed by atoms with Crippen LogP contribution in [-0.4, -0.2) is 30.5 Å². The van der Waals surface area contributed by atoms with Gasteiger partial charge < -0.3 is 10.6 Å². The van der Waals surface area contributed by atoms with Gasteiger partial charge in [-0.2, -0.15) is 0 Å². The van der Waals surface area contributed by atoms with Crippen LogP contribution in [0, 0.1) is 5.82 Å². The number of nitrogens with two attached hydrogens (primary N) is 1. The van der Waals surface area contributed by atoms with E-state index in [4.69, 9.17) is 5.73 Å². The third kappa shape index (κ3) is 3.04. The van der Waals surface area contributed by atoms with E-state index in [1.807, 2.05) is 12.1 Å². The first kappa shape index (κ1) is 14.4. The fraction of sp³-hybridized carbons (Fsp3) is 0.588. The van der Waals surface area contributed by atoms with Gasteiger partial charge in [0.05, 0.1) is 6.54 Å². The Morgan fingerprint density at radius 3 is 2.33 bits per heavy atom. The van der Waals surface area contributed by atoms with Crippen molar-refractivity contribution < 1.29 is 4.39 Å². The predicted molar refractivity (Wildman–Crippen MR) is 83.8 cm³/mol. The molecule has 1 saturated heterocycles. The maximum Gasteiger partial charge on any atom is 0.191 e. The maximum atomic E-state index is 13.1. The molecule has 2 aliphatic rings. The number of halogens is 1. The fourth-order valence-electron chi connectivity index (χ4n) is 3.40. The zero-order valence-corrected chi connectivity index (χ0v) is 12.5. The summed E-state index contributed by atoms with van der Waals surface area (Å²) in [6, 6.07) is 6.91. The van der Waals surface area contributed by atoms with E-state index in [1.165, 1.54) is 31.2 Å². The molecule has 1 aromatic rings. The topological polar surface area (TPSA) is 41.6 Å². The summed E-state index contributed by atoms with van der Waals surface area (Å²) in [5.74, 6) is 0.507. The quantitative estimate of drug-likeness (QED) is 0.686. The Bertz CT molecular complexity index is 499. The van der Waals surface area contributed by atoms with Gasteiger partial charge in [-0.3, -0.25) is 4.99 Å². The summed E-state index contributed by atoms with van der Waals surface area (Å²) in [6.07, 6.45) is 7.17. The van der Waals surface area contributed by atoms with Gasteiger partial charge in [0.15, 0.2) is 5.96 Å². The van der Waals surface area contributed by atoms with Gasteiger partial charge in [-0.1, -0.05) is 18.6 Å². The van der Waals surface area contributed by atoms with Gasteiger partial charge in [0, 0.05) is 18.5 Å². The molecule has 114 valence electrons. The standard InChI is InChI=1S/C17H24FN3/c18-15-7-5-14(6-8-15)17(9-4-10-17)13-20-16(19)21-11-2-1-3-12-21/h5-8H,1-4,9-13H2,(H2,19,20). The lowest BCUT2D eigenvalue weighted by Crippen LogP contribution is -2.43. The van der Waals surface area contributed by atoms with Crippen LogP contribution < -0.4 is 5.73 Å². The van der Waals surface area contributed by atoms with Gasteiger partial charge in [-0.15, -0.1) is 0 Å². The molecule has 0 aromatic heterocycles. The second-order valence-electron chi connectivity index (χ2n) is 6.36. The van der Waals surface area contributed by atoms with E-state index in [-0.39, 0.29) is 11.2 Å². The normalized spacial score (nSPS) is 22.0. The Balaban J connectivity index is 1.70. The van der Waals surface area contributed by atoms with Crippen molar-refractivity contribution in [1.82, 2.24) is 4.90 Å². The molecule has 0 atom stereocenters. The Labute approximate surface area is 126 Å². The van der Waals surface area contributed by atoms with Crippen LogP contribution >= 0.6 is 0 Å². The number of aliphatic imine (C=N–C) groups is 1. The van der Waals surface area contributed by atoms with Crippen LogP contribution in [0.25, 0.3) is 0 Å². The molecule has 4 heteroatoms. The van der Waals surface area contributed by atoms with Gasteiger partial charge in [-0.25, -0.2) is 4.39 Å². The molecule has 1 aromatic carbocycles. The molecule has 0 radical (unpaired) electrons. The van der Waals surface area contributed by atoms with Crippen LogP contribution in [0.2, 0.25) is 0 Å². The largest absolute Gasteiger partial charge is 0.370 e. The average molecular weight is 289 g/mol. The van der Waals surface area contributed by atoms with Crippen molar-refractivity contribution >= 4 is 5.96 Å². The minimum atomic E-state index is -0.176. The fourth-order valence-corrected chi connectivity index (χ4v) is 3.40. The van der Waals surface area contributed by atoms with E-state index in [0.717, 1.165) is 32.5 Å². The number of hydrogen-bond acceptors (Lipinski definition) is 1. The minimum absolute atomic E-state index is 0.0775. The van der Waals surface area contributed by atoms with Crippen molar-refractivity contribution in [3.05, 3.63) is 35.6 Å². The number of rotatable bonds is 3. The van der Waals surface area contributed by atoms with Crippen molar-refractivity contribution in [3.63, 3.8) is 0 Å². The molecular weight excluding hydrogens is 265 g/mol. The summed E-state index contributed by atoms with van der Waals surface area (Å²) in [4.78, 5) is 6.86. The zero-order valence-electron chi connectivity index (χ0n) is 12.5. The molecule has 2 fully saturated rings. The van der Waals surface area contributed by atoms with E-state index in [2.05, 4.69) is 9.89 Å². The van der Waals surface area contributed by atoms with Gasteiger partial charge in [0.25, 0.3) is 0 Å². The van der Waals surface area contributed by atoms with E-state index in [1.54, 1.807) is 12.1 Å². The summed E-state index contributed by atoms with van der Waals surface area (Å²) >= 11 is 0. The molecule has 0 spiro atoms. The number of benzene rings is 1. The van der Waals surface area contributed by atoms with E-state index in [9.17, 15) is 4.39 Å². The highest BCUT2D eigenvalue weighted by atomic mass is 19.1. The molecule has 1 saturated carbocycles. The molecule has 0 amide bonds. The molecule has 1 aliphatic heterocycles. The van der Waals surface area contributed by atoms with Crippen molar-refractivity contribution in [1.29, 1.82) is 0 Å². The smallest absolute Gasteiger partial charge is 0.191 e. The van der Waals surface area contributed by atoms with Gasteiger partial charge in [0.1, 0.15) is 5.82 Å². The van der Waals surface area contributed by atoms with E-state index >= 15 is 0 Å². The van der Waals surface area contributed by atoms with Crippen LogP contribution in [0.5, 0.6) is 0 Å². The van der Waals surface area contributed by atoms with Crippen LogP contribution in [0.1, 0.15) is 44.1 Å². The summed E-state index contributed by atoms with van der Waals surface area (Å²) in [6.45, 7) is 2.78. The van der Waals surface area contributed by atoms with E-state index in [0.29, 0.717) is 5.96 Å². The summed E-state index contributed by atoms with van der Waals surface area (Å²) in [5.41, 5.74) is 7.43.